The molecule has 0 saturated heterocycles. The van der Waals surface area contributed by atoms with Crippen LogP contribution in [0, 0.1) is 5.92 Å². The molecular formula is C27H30BrNO4S. The minimum atomic E-state index is -0.695. The third-order valence-electron chi connectivity index (χ3n) is 5.92. The van der Waals surface area contributed by atoms with Gasteiger partial charge in [-0.25, -0.2) is 4.79 Å². The molecule has 2 aromatic rings. The standard InChI is InChI=1S/C27H30BrNO4S/c1-5-33-27(31)25-22(15-14-21(28)18-10-7-6-8-11-18)29-17(2)23(26(30)32-3)24(25)19-12-9-13-20(16-19)34-4/h6-13,16,21,23-24H,5,14-15H2,1-4H3. The molecule has 3 rings (SSSR count). The number of thioether (sulfide) groups is 1. The van der Waals surface area contributed by atoms with Gasteiger partial charge in [-0.2, -0.15) is 0 Å². The Bertz CT molecular complexity index is 1080. The molecule has 7 heteroatoms. The summed E-state index contributed by atoms with van der Waals surface area (Å²) in [7, 11) is 1.36. The van der Waals surface area contributed by atoms with Crippen LogP contribution in [0.2, 0.25) is 0 Å². The van der Waals surface area contributed by atoms with E-state index in [-0.39, 0.29) is 11.4 Å². The third kappa shape index (κ3) is 5.99. The molecule has 1 heterocycles. The SMILES string of the molecule is CCOC(=O)C1=C(CCC(Br)c2ccccc2)N=C(C)C(C(=O)OC)C1c1cccc(SC)c1. The van der Waals surface area contributed by atoms with E-state index in [0.29, 0.717) is 23.4 Å². The summed E-state index contributed by atoms with van der Waals surface area (Å²) in [5, 5.41) is 0. The summed E-state index contributed by atoms with van der Waals surface area (Å²) < 4.78 is 10.6. The number of alkyl halides is 1. The molecule has 2 aromatic carbocycles. The summed E-state index contributed by atoms with van der Waals surface area (Å²) in [5.41, 5.74) is 3.77. The molecule has 3 unspecified atom stereocenters. The van der Waals surface area contributed by atoms with E-state index in [4.69, 9.17) is 14.5 Å². The number of halogens is 1. The molecule has 0 fully saturated rings. The predicted octanol–water partition coefficient (Wildman–Crippen LogP) is 6.49. The van der Waals surface area contributed by atoms with Gasteiger partial charge in [0.25, 0.3) is 0 Å². The number of carbonyl (C=O) groups excluding carboxylic acids is 2. The molecule has 0 bridgehead atoms. The van der Waals surface area contributed by atoms with Crippen molar-refractivity contribution in [2.45, 2.75) is 42.3 Å². The highest BCUT2D eigenvalue weighted by atomic mass is 79.9. The fraction of sp³-hybridized carbons (Fsp3) is 0.370. The molecular weight excluding hydrogens is 514 g/mol. The summed E-state index contributed by atoms with van der Waals surface area (Å²) in [4.78, 5) is 32.1. The number of methoxy groups -OCH3 is 1. The van der Waals surface area contributed by atoms with Crippen molar-refractivity contribution in [2.24, 2.45) is 10.9 Å². The number of aliphatic imine (C=N–C) groups is 1. The van der Waals surface area contributed by atoms with Gasteiger partial charge in [-0.3, -0.25) is 9.79 Å². The Morgan fingerprint density at radius 1 is 1.15 bits per heavy atom. The molecule has 0 N–H and O–H groups in total. The Labute approximate surface area is 214 Å². The van der Waals surface area contributed by atoms with E-state index in [2.05, 4.69) is 28.1 Å². The summed E-state index contributed by atoms with van der Waals surface area (Å²) in [6, 6.07) is 18.1. The second-order valence-corrected chi connectivity index (χ2v) is 9.99. The lowest BCUT2D eigenvalue weighted by molar-refractivity contribution is -0.144. The monoisotopic (exact) mass is 543 g/mol. The van der Waals surface area contributed by atoms with Gasteiger partial charge in [-0.05, 0) is 56.2 Å². The number of ether oxygens (including phenoxy) is 2. The second kappa shape index (κ2) is 12.4. The number of hydrogen-bond donors (Lipinski definition) is 0. The molecule has 0 saturated carbocycles. The molecule has 1 aliphatic rings. The summed E-state index contributed by atoms with van der Waals surface area (Å²) in [6.45, 7) is 3.85. The Morgan fingerprint density at radius 3 is 2.53 bits per heavy atom. The van der Waals surface area contributed by atoms with Crippen LogP contribution in [0.3, 0.4) is 0 Å². The highest BCUT2D eigenvalue weighted by molar-refractivity contribution is 9.09. The Balaban J connectivity index is 2.09. The van der Waals surface area contributed by atoms with E-state index in [1.165, 1.54) is 7.11 Å². The van der Waals surface area contributed by atoms with Crippen molar-refractivity contribution in [2.75, 3.05) is 20.0 Å². The average Bonchev–Trinajstić information content (AvgIpc) is 2.86. The molecule has 1 aliphatic heterocycles. The van der Waals surface area contributed by atoms with Crippen LogP contribution < -0.4 is 0 Å². The summed E-state index contributed by atoms with van der Waals surface area (Å²) in [5.74, 6) is -2.08. The van der Waals surface area contributed by atoms with Gasteiger partial charge in [0.1, 0.15) is 5.92 Å². The largest absolute Gasteiger partial charge is 0.468 e. The van der Waals surface area contributed by atoms with E-state index in [1.54, 1.807) is 18.7 Å². The minimum Gasteiger partial charge on any atom is -0.468 e. The first-order valence-corrected chi connectivity index (χ1v) is 13.4. The number of carbonyl (C=O) groups is 2. The number of nitrogens with zero attached hydrogens (tertiary/aromatic N) is 1. The van der Waals surface area contributed by atoms with E-state index in [9.17, 15) is 9.59 Å². The number of rotatable bonds is 9. The maximum absolute atomic E-state index is 13.3. The minimum absolute atomic E-state index is 0.108. The molecule has 0 radical (unpaired) electrons. The number of allylic oxidation sites excluding steroid dienone is 1. The highest BCUT2D eigenvalue weighted by Crippen LogP contribution is 2.43. The molecule has 180 valence electrons. The normalized spacial score (nSPS) is 18.8. The molecule has 5 nitrogen and oxygen atoms in total. The van der Waals surface area contributed by atoms with Crippen LogP contribution in [0.15, 0.2) is 75.8 Å². The van der Waals surface area contributed by atoms with Gasteiger partial charge in [0.05, 0.1) is 25.0 Å². The van der Waals surface area contributed by atoms with Crippen molar-refractivity contribution in [3.63, 3.8) is 0 Å². The van der Waals surface area contributed by atoms with E-state index in [1.807, 2.05) is 55.6 Å². The highest BCUT2D eigenvalue weighted by Gasteiger charge is 2.43. The number of benzene rings is 2. The van der Waals surface area contributed by atoms with Crippen molar-refractivity contribution in [3.05, 3.63) is 77.0 Å². The van der Waals surface area contributed by atoms with Crippen LogP contribution in [0.25, 0.3) is 0 Å². The Morgan fingerprint density at radius 2 is 1.88 bits per heavy atom. The van der Waals surface area contributed by atoms with Gasteiger partial charge < -0.3 is 9.47 Å². The van der Waals surface area contributed by atoms with Gasteiger partial charge in [0, 0.05) is 21.4 Å². The predicted molar refractivity (Wildman–Crippen MR) is 141 cm³/mol. The Kier molecular flexibility index (Phi) is 9.54. The molecule has 3 atom stereocenters. The van der Waals surface area contributed by atoms with Crippen LogP contribution in [0.1, 0.15) is 48.6 Å². The molecule has 0 spiro atoms. The third-order valence-corrected chi connectivity index (χ3v) is 7.63. The molecule has 0 aromatic heterocycles. The zero-order chi connectivity index (χ0) is 24.7. The van der Waals surface area contributed by atoms with Crippen molar-refractivity contribution >= 4 is 45.3 Å². The van der Waals surface area contributed by atoms with Gasteiger partial charge in [-0.15, -0.1) is 11.8 Å². The smallest absolute Gasteiger partial charge is 0.336 e. The average molecular weight is 545 g/mol. The summed E-state index contributed by atoms with van der Waals surface area (Å²) in [6.07, 6.45) is 3.29. The molecule has 34 heavy (non-hydrogen) atoms. The lowest BCUT2D eigenvalue weighted by Crippen LogP contribution is -2.36. The van der Waals surface area contributed by atoms with Crippen LogP contribution >= 0.6 is 27.7 Å². The zero-order valence-electron chi connectivity index (χ0n) is 19.9. The Hall–Kier alpha value is -2.38. The van der Waals surface area contributed by atoms with Crippen LogP contribution in [0.4, 0.5) is 0 Å². The van der Waals surface area contributed by atoms with E-state index in [0.717, 1.165) is 22.4 Å². The quantitative estimate of drug-likeness (QED) is 0.205. The van der Waals surface area contributed by atoms with Crippen molar-refractivity contribution in [3.8, 4) is 0 Å². The van der Waals surface area contributed by atoms with Crippen molar-refractivity contribution < 1.29 is 19.1 Å². The first-order chi connectivity index (χ1) is 16.4. The lowest BCUT2D eigenvalue weighted by Gasteiger charge is -2.32. The maximum Gasteiger partial charge on any atom is 0.336 e. The first-order valence-electron chi connectivity index (χ1n) is 11.3. The van der Waals surface area contributed by atoms with Crippen LogP contribution in [0.5, 0.6) is 0 Å². The first kappa shape index (κ1) is 26.2. The van der Waals surface area contributed by atoms with Crippen LogP contribution in [-0.4, -0.2) is 37.6 Å². The zero-order valence-corrected chi connectivity index (χ0v) is 22.3. The van der Waals surface area contributed by atoms with Crippen molar-refractivity contribution in [1.82, 2.24) is 0 Å². The fourth-order valence-corrected chi connectivity index (χ4v) is 5.30. The van der Waals surface area contributed by atoms with Gasteiger partial charge in [0.15, 0.2) is 0 Å². The summed E-state index contributed by atoms with van der Waals surface area (Å²) >= 11 is 5.39. The maximum atomic E-state index is 13.3. The number of esters is 2. The van der Waals surface area contributed by atoms with Gasteiger partial charge in [-0.1, -0.05) is 58.4 Å². The molecule has 0 amide bonds. The van der Waals surface area contributed by atoms with E-state index >= 15 is 0 Å². The van der Waals surface area contributed by atoms with Crippen LogP contribution in [-0.2, 0) is 19.1 Å². The second-order valence-electron chi connectivity index (χ2n) is 8.01. The van der Waals surface area contributed by atoms with Gasteiger partial charge in [0.2, 0.25) is 0 Å². The number of hydrogen-bond acceptors (Lipinski definition) is 6. The topological polar surface area (TPSA) is 65.0 Å². The van der Waals surface area contributed by atoms with E-state index < -0.39 is 23.8 Å². The van der Waals surface area contributed by atoms with Crippen molar-refractivity contribution in [1.29, 1.82) is 0 Å². The van der Waals surface area contributed by atoms with Gasteiger partial charge >= 0.3 is 11.9 Å². The lowest BCUT2D eigenvalue weighted by atomic mass is 9.75. The molecule has 0 aliphatic carbocycles. The fourth-order valence-electron chi connectivity index (χ4n) is 4.29.